The van der Waals surface area contributed by atoms with Gasteiger partial charge in [-0.25, -0.2) is 9.18 Å². The van der Waals surface area contributed by atoms with Crippen LogP contribution in [0.1, 0.15) is 19.8 Å². The highest BCUT2D eigenvalue weighted by atomic mass is 35.5. The lowest BCUT2D eigenvalue weighted by Crippen LogP contribution is -2.41. The number of carbonyl (C=O) groups excluding carboxylic acids is 1. The molecule has 2 amide bonds. The number of nitrogens with zero attached hydrogens (tertiary/aromatic N) is 1. The molecule has 1 aromatic rings. The second kappa shape index (κ2) is 5.57. The van der Waals surface area contributed by atoms with Gasteiger partial charge in [0.1, 0.15) is 5.82 Å². The van der Waals surface area contributed by atoms with E-state index in [4.69, 9.17) is 11.6 Å². The smallest absolute Gasteiger partial charge is 0.321 e. The van der Waals surface area contributed by atoms with E-state index in [1.807, 2.05) is 0 Å². The second-order valence-corrected chi connectivity index (χ2v) is 5.18. The number of hydrogen-bond acceptors (Lipinski definition) is 1. The number of benzene rings is 1. The summed E-state index contributed by atoms with van der Waals surface area (Å²) in [6.45, 7) is 3.55. The van der Waals surface area contributed by atoms with E-state index in [2.05, 4.69) is 12.2 Å². The molecule has 1 heterocycles. The highest BCUT2D eigenvalue weighted by Gasteiger charge is 2.21. The monoisotopic (exact) mass is 270 g/mol. The second-order valence-electron chi connectivity index (χ2n) is 4.75. The van der Waals surface area contributed by atoms with Crippen LogP contribution in [0.15, 0.2) is 18.2 Å². The predicted octanol–water partition coefficient (Wildman–Crippen LogP) is 3.74. The molecular formula is C13H16ClFN2O. The van der Waals surface area contributed by atoms with E-state index in [9.17, 15) is 9.18 Å². The van der Waals surface area contributed by atoms with Crippen molar-refractivity contribution in [3.63, 3.8) is 0 Å². The molecule has 1 aliphatic rings. The first-order chi connectivity index (χ1) is 8.56. The van der Waals surface area contributed by atoms with Gasteiger partial charge in [0, 0.05) is 18.1 Å². The lowest BCUT2D eigenvalue weighted by molar-refractivity contribution is 0.182. The Morgan fingerprint density at radius 2 is 2.33 bits per heavy atom. The SMILES string of the molecule is CC1CCCN(C(=O)Nc2cc(Cl)ccc2F)C1. The molecule has 5 heteroatoms. The zero-order valence-electron chi connectivity index (χ0n) is 10.2. The minimum Gasteiger partial charge on any atom is -0.324 e. The summed E-state index contributed by atoms with van der Waals surface area (Å²) in [5, 5.41) is 2.97. The fourth-order valence-electron chi connectivity index (χ4n) is 2.16. The Kier molecular flexibility index (Phi) is 4.07. The Bertz CT molecular complexity index is 453. The van der Waals surface area contributed by atoms with E-state index >= 15 is 0 Å². The topological polar surface area (TPSA) is 32.3 Å². The summed E-state index contributed by atoms with van der Waals surface area (Å²) >= 11 is 5.78. The van der Waals surface area contributed by atoms with Gasteiger partial charge in [-0.05, 0) is 37.0 Å². The minimum absolute atomic E-state index is 0.130. The molecule has 18 heavy (non-hydrogen) atoms. The van der Waals surface area contributed by atoms with Gasteiger partial charge in [-0.2, -0.15) is 0 Å². The van der Waals surface area contributed by atoms with Crippen molar-refractivity contribution in [2.24, 2.45) is 5.92 Å². The summed E-state index contributed by atoms with van der Waals surface area (Å²) in [5.74, 6) is 0.0199. The van der Waals surface area contributed by atoms with Crippen LogP contribution in [0.25, 0.3) is 0 Å². The largest absolute Gasteiger partial charge is 0.324 e. The third-order valence-electron chi connectivity index (χ3n) is 3.11. The number of piperidine rings is 1. The summed E-state index contributed by atoms with van der Waals surface area (Å²) < 4.78 is 13.5. The van der Waals surface area contributed by atoms with Gasteiger partial charge in [0.15, 0.2) is 0 Å². The number of anilines is 1. The van der Waals surface area contributed by atoms with Gasteiger partial charge >= 0.3 is 6.03 Å². The predicted molar refractivity (Wildman–Crippen MR) is 70.4 cm³/mol. The van der Waals surface area contributed by atoms with E-state index in [1.54, 1.807) is 4.90 Å². The molecule has 1 atom stereocenters. The number of urea groups is 1. The van der Waals surface area contributed by atoms with Gasteiger partial charge < -0.3 is 10.2 Å². The Morgan fingerprint density at radius 3 is 3.06 bits per heavy atom. The van der Waals surface area contributed by atoms with Crippen LogP contribution in [0.3, 0.4) is 0 Å². The molecule has 1 aliphatic heterocycles. The summed E-state index contributed by atoms with van der Waals surface area (Å²) in [6, 6.07) is 3.86. The molecule has 0 aliphatic carbocycles. The minimum atomic E-state index is -0.474. The normalized spacial score (nSPS) is 19.7. The van der Waals surface area contributed by atoms with E-state index in [-0.39, 0.29) is 11.7 Å². The van der Waals surface area contributed by atoms with Crippen LogP contribution in [-0.4, -0.2) is 24.0 Å². The highest BCUT2D eigenvalue weighted by molar-refractivity contribution is 6.30. The molecule has 98 valence electrons. The standard InChI is InChI=1S/C13H16ClFN2O/c1-9-3-2-6-17(8-9)13(18)16-12-7-10(14)4-5-11(12)15/h4-5,7,9H,2-3,6,8H2,1H3,(H,16,18). The van der Waals surface area contributed by atoms with Crippen molar-refractivity contribution in [2.45, 2.75) is 19.8 Å². The van der Waals surface area contributed by atoms with Crippen molar-refractivity contribution in [2.75, 3.05) is 18.4 Å². The van der Waals surface area contributed by atoms with Crippen molar-refractivity contribution in [3.8, 4) is 0 Å². The average molecular weight is 271 g/mol. The number of amides is 2. The summed E-state index contributed by atoms with van der Waals surface area (Å²) in [4.78, 5) is 13.7. The van der Waals surface area contributed by atoms with Gasteiger partial charge in [-0.3, -0.25) is 0 Å². The molecule has 0 radical (unpaired) electrons. The molecule has 1 N–H and O–H groups in total. The molecule has 3 nitrogen and oxygen atoms in total. The number of likely N-dealkylation sites (tertiary alicyclic amines) is 1. The van der Waals surface area contributed by atoms with Gasteiger partial charge in [-0.1, -0.05) is 18.5 Å². The maximum atomic E-state index is 13.5. The molecule has 1 aromatic carbocycles. The van der Waals surface area contributed by atoms with E-state index in [1.165, 1.54) is 18.2 Å². The Labute approximate surface area is 111 Å². The van der Waals surface area contributed by atoms with E-state index in [0.29, 0.717) is 17.5 Å². The highest BCUT2D eigenvalue weighted by Crippen LogP contribution is 2.21. The van der Waals surface area contributed by atoms with Crippen molar-refractivity contribution in [3.05, 3.63) is 29.0 Å². The molecule has 0 aromatic heterocycles. The van der Waals surface area contributed by atoms with E-state index in [0.717, 1.165) is 19.4 Å². The maximum Gasteiger partial charge on any atom is 0.321 e. The van der Waals surface area contributed by atoms with Crippen molar-refractivity contribution in [1.82, 2.24) is 4.90 Å². The summed E-state index contributed by atoms with van der Waals surface area (Å²) in [5.41, 5.74) is 0.130. The van der Waals surface area contributed by atoms with Crippen LogP contribution in [0.2, 0.25) is 5.02 Å². The Balaban J connectivity index is 2.04. The first-order valence-electron chi connectivity index (χ1n) is 6.07. The lowest BCUT2D eigenvalue weighted by atomic mass is 10.0. The fraction of sp³-hybridized carbons (Fsp3) is 0.462. The first kappa shape index (κ1) is 13.1. The van der Waals surface area contributed by atoms with Crippen molar-refractivity contribution < 1.29 is 9.18 Å². The van der Waals surface area contributed by atoms with Crippen LogP contribution >= 0.6 is 11.6 Å². The van der Waals surface area contributed by atoms with Gasteiger partial charge in [0.2, 0.25) is 0 Å². The Hall–Kier alpha value is -1.29. The molecule has 1 saturated heterocycles. The fourth-order valence-corrected chi connectivity index (χ4v) is 2.33. The molecule has 0 bridgehead atoms. The number of rotatable bonds is 1. The van der Waals surface area contributed by atoms with Crippen LogP contribution in [0.4, 0.5) is 14.9 Å². The maximum absolute atomic E-state index is 13.5. The molecule has 1 fully saturated rings. The zero-order valence-corrected chi connectivity index (χ0v) is 11.0. The molecule has 2 rings (SSSR count). The van der Waals surface area contributed by atoms with Crippen molar-refractivity contribution >= 4 is 23.3 Å². The van der Waals surface area contributed by atoms with E-state index < -0.39 is 5.82 Å². The van der Waals surface area contributed by atoms with Gasteiger partial charge in [-0.15, -0.1) is 0 Å². The average Bonchev–Trinajstić information content (AvgIpc) is 2.34. The summed E-state index contributed by atoms with van der Waals surface area (Å²) in [6.07, 6.45) is 2.13. The first-order valence-corrected chi connectivity index (χ1v) is 6.45. The summed E-state index contributed by atoms with van der Waals surface area (Å²) in [7, 11) is 0. The number of halogens is 2. The Morgan fingerprint density at radius 1 is 1.56 bits per heavy atom. The third kappa shape index (κ3) is 3.13. The van der Waals surface area contributed by atoms with Crippen LogP contribution in [0, 0.1) is 11.7 Å². The van der Waals surface area contributed by atoms with Crippen LogP contribution in [0.5, 0.6) is 0 Å². The quantitative estimate of drug-likeness (QED) is 0.828. The molecular weight excluding hydrogens is 255 g/mol. The lowest BCUT2D eigenvalue weighted by Gasteiger charge is -2.30. The van der Waals surface area contributed by atoms with Crippen LogP contribution in [-0.2, 0) is 0 Å². The van der Waals surface area contributed by atoms with Crippen molar-refractivity contribution in [1.29, 1.82) is 0 Å². The van der Waals surface area contributed by atoms with Crippen LogP contribution < -0.4 is 5.32 Å². The zero-order chi connectivity index (χ0) is 13.1. The molecule has 0 saturated carbocycles. The molecule has 1 unspecified atom stereocenters. The van der Waals surface area contributed by atoms with Gasteiger partial charge in [0.05, 0.1) is 5.69 Å². The number of carbonyl (C=O) groups is 1. The van der Waals surface area contributed by atoms with Gasteiger partial charge in [0.25, 0.3) is 0 Å². The number of nitrogens with one attached hydrogen (secondary N) is 1. The molecule has 0 spiro atoms. The number of hydrogen-bond donors (Lipinski definition) is 1. The third-order valence-corrected chi connectivity index (χ3v) is 3.35.